The molecule has 3 atom stereocenters. The zero-order valence-corrected chi connectivity index (χ0v) is 12.2. The lowest BCUT2D eigenvalue weighted by molar-refractivity contribution is 0.0304. The van der Waals surface area contributed by atoms with E-state index >= 15 is 0 Å². The third kappa shape index (κ3) is 2.29. The van der Waals surface area contributed by atoms with Gasteiger partial charge in [0.15, 0.2) is 0 Å². The van der Waals surface area contributed by atoms with Crippen LogP contribution in [-0.2, 0) is 4.74 Å². The fourth-order valence-electron chi connectivity index (χ4n) is 2.99. The van der Waals surface area contributed by atoms with E-state index in [1.807, 2.05) is 6.92 Å². The van der Waals surface area contributed by atoms with Gasteiger partial charge in [-0.05, 0) is 37.5 Å². The van der Waals surface area contributed by atoms with E-state index in [2.05, 4.69) is 39.0 Å². The SMILES string of the molecule is CC(N)c1ccc(Br)cc1N1CC2CCC(C1)O2. The summed E-state index contributed by atoms with van der Waals surface area (Å²) in [7, 11) is 0. The first-order valence-corrected chi connectivity index (χ1v) is 7.38. The minimum absolute atomic E-state index is 0.0635. The smallest absolute Gasteiger partial charge is 0.0755 e. The number of fused-ring (bicyclic) bond motifs is 2. The molecule has 2 aliphatic heterocycles. The van der Waals surface area contributed by atoms with Crippen LogP contribution >= 0.6 is 15.9 Å². The molecule has 2 heterocycles. The molecule has 4 heteroatoms. The lowest BCUT2D eigenvalue weighted by Gasteiger charge is -2.35. The molecule has 0 spiro atoms. The first-order chi connectivity index (χ1) is 8.63. The monoisotopic (exact) mass is 310 g/mol. The Morgan fingerprint density at radius 1 is 1.33 bits per heavy atom. The molecule has 0 aromatic heterocycles. The average molecular weight is 311 g/mol. The largest absolute Gasteiger partial charge is 0.371 e. The van der Waals surface area contributed by atoms with E-state index < -0.39 is 0 Å². The third-order valence-electron chi connectivity index (χ3n) is 3.87. The lowest BCUT2D eigenvalue weighted by Crippen LogP contribution is -2.43. The number of morpholine rings is 1. The molecule has 3 rings (SSSR count). The molecule has 2 bridgehead atoms. The number of rotatable bonds is 2. The van der Waals surface area contributed by atoms with E-state index in [0.717, 1.165) is 17.6 Å². The maximum atomic E-state index is 6.08. The highest BCUT2D eigenvalue weighted by molar-refractivity contribution is 9.10. The van der Waals surface area contributed by atoms with Crippen LogP contribution in [0.15, 0.2) is 22.7 Å². The van der Waals surface area contributed by atoms with Crippen LogP contribution in [0.25, 0.3) is 0 Å². The van der Waals surface area contributed by atoms with Crippen molar-refractivity contribution in [2.75, 3.05) is 18.0 Å². The van der Waals surface area contributed by atoms with Crippen LogP contribution in [-0.4, -0.2) is 25.3 Å². The van der Waals surface area contributed by atoms with Crippen molar-refractivity contribution in [3.05, 3.63) is 28.2 Å². The summed E-state index contributed by atoms with van der Waals surface area (Å²) in [4.78, 5) is 2.44. The molecule has 0 aliphatic carbocycles. The molecule has 2 saturated heterocycles. The van der Waals surface area contributed by atoms with Gasteiger partial charge in [0.2, 0.25) is 0 Å². The van der Waals surface area contributed by atoms with Gasteiger partial charge in [-0.1, -0.05) is 22.0 Å². The zero-order valence-electron chi connectivity index (χ0n) is 10.6. The molecule has 0 amide bonds. The van der Waals surface area contributed by atoms with E-state index in [9.17, 15) is 0 Å². The summed E-state index contributed by atoms with van der Waals surface area (Å²) in [5.41, 5.74) is 8.57. The average Bonchev–Trinajstić information content (AvgIpc) is 2.67. The second kappa shape index (κ2) is 4.83. The van der Waals surface area contributed by atoms with Gasteiger partial charge in [-0.3, -0.25) is 0 Å². The van der Waals surface area contributed by atoms with E-state index in [4.69, 9.17) is 10.5 Å². The summed E-state index contributed by atoms with van der Waals surface area (Å²) >= 11 is 3.56. The molecule has 0 radical (unpaired) electrons. The second-order valence-corrected chi connectivity index (χ2v) is 6.27. The molecule has 3 nitrogen and oxygen atoms in total. The minimum Gasteiger partial charge on any atom is -0.371 e. The highest BCUT2D eigenvalue weighted by Crippen LogP contribution is 2.34. The van der Waals surface area contributed by atoms with Gasteiger partial charge in [0, 0.05) is 29.3 Å². The van der Waals surface area contributed by atoms with Gasteiger partial charge in [-0.15, -0.1) is 0 Å². The van der Waals surface area contributed by atoms with Crippen molar-refractivity contribution in [1.29, 1.82) is 0 Å². The molecule has 18 heavy (non-hydrogen) atoms. The van der Waals surface area contributed by atoms with Gasteiger partial charge in [0.05, 0.1) is 12.2 Å². The Morgan fingerprint density at radius 2 is 2.00 bits per heavy atom. The quantitative estimate of drug-likeness (QED) is 0.913. The molecule has 1 aromatic carbocycles. The maximum Gasteiger partial charge on any atom is 0.0755 e. The van der Waals surface area contributed by atoms with Crippen LogP contribution < -0.4 is 10.6 Å². The summed E-state index contributed by atoms with van der Waals surface area (Å²) in [6, 6.07) is 6.44. The Morgan fingerprint density at radius 3 is 2.61 bits per heavy atom. The lowest BCUT2D eigenvalue weighted by atomic mass is 10.1. The second-order valence-electron chi connectivity index (χ2n) is 5.35. The predicted molar refractivity (Wildman–Crippen MR) is 76.9 cm³/mol. The normalized spacial score (nSPS) is 28.5. The van der Waals surface area contributed by atoms with Crippen LogP contribution in [0.1, 0.15) is 31.4 Å². The Kier molecular flexibility index (Phi) is 3.34. The topological polar surface area (TPSA) is 38.5 Å². The van der Waals surface area contributed by atoms with Crippen molar-refractivity contribution in [3.63, 3.8) is 0 Å². The minimum atomic E-state index is 0.0635. The van der Waals surface area contributed by atoms with E-state index in [-0.39, 0.29) is 6.04 Å². The van der Waals surface area contributed by atoms with Crippen LogP contribution in [0.4, 0.5) is 5.69 Å². The maximum absolute atomic E-state index is 6.08. The van der Waals surface area contributed by atoms with Crippen molar-refractivity contribution < 1.29 is 4.74 Å². The molecular formula is C14H19BrN2O. The standard InChI is InChI=1S/C14H19BrN2O/c1-9(16)13-5-2-10(15)6-14(13)17-7-11-3-4-12(8-17)18-11/h2,5-6,9,11-12H,3-4,7-8,16H2,1H3. The first kappa shape index (κ1) is 12.5. The van der Waals surface area contributed by atoms with Crippen molar-refractivity contribution in [2.24, 2.45) is 5.73 Å². The number of hydrogen-bond acceptors (Lipinski definition) is 3. The number of halogens is 1. The number of anilines is 1. The summed E-state index contributed by atoms with van der Waals surface area (Å²) in [6.45, 7) is 4.03. The van der Waals surface area contributed by atoms with Crippen molar-refractivity contribution >= 4 is 21.6 Å². The van der Waals surface area contributed by atoms with Gasteiger partial charge >= 0.3 is 0 Å². The molecule has 2 aliphatic rings. The Hall–Kier alpha value is -0.580. The summed E-state index contributed by atoms with van der Waals surface area (Å²) in [5, 5.41) is 0. The van der Waals surface area contributed by atoms with E-state index in [1.165, 1.54) is 24.1 Å². The first-order valence-electron chi connectivity index (χ1n) is 6.59. The van der Waals surface area contributed by atoms with E-state index in [0.29, 0.717) is 12.2 Å². The van der Waals surface area contributed by atoms with E-state index in [1.54, 1.807) is 0 Å². The van der Waals surface area contributed by atoms with Crippen LogP contribution in [0, 0.1) is 0 Å². The molecule has 1 aromatic rings. The zero-order chi connectivity index (χ0) is 12.7. The summed E-state index contributed by atoms with van der Waals surface area (Å²) in [6.07, 6.45) is 3.21. The summed E-state index contributed by atoms with van der Waals surface area (Å²) < 4.78 is 7.01. The summed E-state index contributed by atoms with van der Waals surface area (Å²) in [5.74, 6) is 0. The molecule has 2 N–H and O–H groups in total. The number of nitrogens with two attached hydrogens (primary N) is 1. The van der Waals surface area contributed by atoms with Crippen LogP contribution in [0.3, 0.4) is 0 Å². The van der Waals surface area contributed by atoms with Gasteiger partial charge < -0.3 is 15.4 Å². The molecule has 98 valence electrons. The molecule has 0 saturated carbocycles. The van der Waals surface area contributed by atoms with Crippen LogP contribution in [0.5, 0.6) is 0 Å². The Labute approximate surface area is 116 Å². The molecular weight excluding hydrogens is 292 g/mol. The number of ether oxygens (including phenoxy) is 1. The van der Waals surface area contributed by atoms with Gasteiger partial charge in [-0.2, -0.15) is 0 Å². The predicted octanol–water partition coefficient (Wildman–Crippen LogP) is 2.84. The Bertz CT molecular complexity index is 437. The Balaban J connectivity index is 1.93. The number of benzene rings is 1. The van der Waals surface area contributed by atoms with Crippen molar-refractivity contribution in [1.82, 2.24) is 0 Å². The van der Waals surface area contributed by atoms with Gasteiger partial charge in [0.25, 0.3) is 0 Å². The van der Waals surface area contributed by atoms with Crippen LogP contribution in [0.2, 0.25) is 0 Å². The van der Waals surface area contributed by atoms with Gasteiger partial charge in [-0.25, -0.2) is 0 Å². The molecule has 2 fully saturated rings. The fraction of sp³-hybridized carbons (Fsp3) is 0.571. The van der Waals surface area contributed by atoms with Gasteiger partial charge in [0.1, 0.15) is 0 Å². The highest BCUT2D eigenvalue weighted by Gasteiger charge is 2.34. The molecule has 3 unspecified atom stereocenters. The van der Waals surface area contributed by atoms with Crippen molar-refractivity contribution in [2.45, 2.75) is 38.0 Å². The highest BCUT2D eigenvalue weighted by atomic mass is 79.9. The third-order valence-corrected chi connectivity index (χ3v) is 4.36. The van der Waals surface area contributed by atoms with Crippen molar-refractivity contribution in [3.8, 4) is 0 Å². The number of hydrogen-bond donors (Lipinski definition) is 1. The fourth-order valence-corrected chi connectivity index (χ4v) is 3.34. The number of nitrogens with zero attached hydrogens (tertiary/aromatic N) is 1.